The SMILES string of the molecule is CC/C=C/C=C(/C)CC. The third-order valence-electron chi connectivity index (χ3n) is 1.31. The molecule has 0 spiro atoms. The van der Waals surface area contributed by atoms with E-state index in [1.54, 1.807) is 0 Å². The van der Waals surface area contributed by atoms with E-state index < -0.39 is 0 Å². The van der Waals surface area contributed by atoms with Crippen molar-refractivity contribution in [2.75, 3.05) is 0 Å². The molecular weight excluding hydrogens is 108 g/mol. The average molecular weight is 124 g/mol. The lowest BCUT2D eigenvalue weighted by atomic mass is 10.2. The molecule has 0 heteroatoms. The molecule has 0 rings (SSSR count). The molecule has 0 nitrogen and oxygen atoms in total. The van der Waals surface area contributed by atoms with Crippen molar-refractivity contribution in [2.24, 2.45) is 0 Å². The molecular formula is C9H16. The minimum Gasteiger partial charge on any atom is -0.0848 e. The second-order valence-corrected chi connectivity index (χ2v) is 2.20. The Morgan fingerprint density at radius 1 is 1.33 bits per heavy atom. The first-order chi connectivity index (χ1) is 4.31. The highest BCUT2D eigenvalue weighted by atomic mass is 13.8. The third kappa shape index (κ3) is 5.35. The normalized spacial score (nSPS) is 13.0. The standard InChI is InChI=1S/C9H16/c1-4-6-7-8-9(3)5-2/h6-8H,4-5H2,1-3H3/b7-6+,9-8-. The van der Waals surface area contributed by atoms with Crippen LogP contribution in [0.2, 0.25) is 0 Å². The summed E-state index contributed by atoms with van der Waals surface area (Å²) in [6.45, 7) is 6.47. The lowest BCUT2D eigenvalue weighted by molar-refractivity contribution is 1.10. The molecule has 0 saturated heterocycles. The van der Waals surface area contributed by atoms with E-state index in [0.29, 0.717) is 0 Å². The topological polar surface area (TPSA) is 0 Å². The van der Waals surface area contributed by atoms with Gasteiger partial charge in [-0.05, 0) is 19.8 Å². The second kappa shape index (κ2) is 5.61. The van der Waals surface area contributed by atoms with Crippen LogP contribution in [0.15, 0.2) is 23.8 Å². The molecule has 0 unspecified atom stereocenters. The van der Waals surface area contributed by atoms with Crippen molar-refractivity contribution < 1.29 is 0 Å². The van der Waals surface area contributed by atoms with E-state index in [2.05, 4.69) is 39.0 Å². The van der Waals surface area contributed by atoms with Gasteiger partial charge < -0.3 is 0 Å². The molecule has 0 amide bonds. The summed E-state index contributed by atoms with van der Waals surface area (Å²) in [6, 6.07) is 0. The Kier molecular flexibility index (Phi) is 5.29. The van der Waals surface area contributed by atoms with Crippen molar-refractivity contribution in [2.45, 2.75) is 33.6 Å². The maximum atomic E-state index is 2.17. The van der Waals surface area contributed by atoms with Crippen LogP contribution in [0.25, 0.3) is 0 Å². The summed E-state index contributed by atoms with van der Waals surface area (Å²) in [4.78, 5) is 0. The summed E-state index contributed by atoms with van der Waals surface area (Å²) in [5.74, 6) is 0. The first-order valence-electron chi connectivity index (χ1n) is 3.63. The minimum atomic E-state index is 1.13. The fourth-order valence-electron chi connectivity index (χ4n) is 0.486. The summed E-state index contributed by atoms with van der Waals surface area (Å²) in [6.07, 6.45) is 8.75. The molecule has 0 aromatic carbocycles. The van der Waals surface area contributed by atoms with Gasteiger partial charge in [0.25, 0.3) is 0 Å². The van der Waals surface area contributed by atoms with Crippen molar-refractivity contribution in [3.05, 3.63) is 23.8 Å². The van der Waals surface area contributed by atoms with E-state index in [1.807, 2.05) is 0 Å². The van der Waals surface area contributed by atoms with Gasteiger partial charge >= 0.3 is 0 Å². The monoisotopic (exact) mass is 124 g/mol. The predicted molar refractivity (Wildman–Crippen MR) is 43.5 cm³/mol. The van der Waals surface area contributed by atoms with Gasteiger partial charge in [0, 0.05) is 0 Å². The third-order valence-corrected chi connectivity index (χ3v) is 1.31. The van der Waals surface area contributed by atoms with Gasteiger partial charge in [-0.2, -0.15) is 0 Å². The van der Waals surface area contributed by atoms with E-state index in [-0.39, 0.29) is 0 Å². The largest absolute Gasteiger partial charge is 0.0848 e. The van der Waals surface area contributed by atoms with Crippen molar-refractivity contribution in [1.29, 1.82) is 0 Å². The summed E-state index contributed by atoms with van der Waals surface area (Å²) in [5, 5.41) is 0. The van der Waals surface area contributed by atoms with Gasteiger partial charge in [0.1, 0.15) is 0 Å². The molecule has 9 heavy (non-hydrogen) atoms. The van der Waals surface area contributed by atoms with Gasteiger partial charge in [0.15, 0.2) is 0 Å². The molecule has 0 heterocycles. The molecule has 0 aromatic heterocycles. The Labute approximate surface area is 58.3 Å². The van der Waals surface area contributed by atoms with E-state index in [4.69, 9.17) is 0 Å². The van der Waals surface area contributed by atoms with Crippen LogP contribution in [-0.4, -0.2) is 0 Å². The maximum Gasteiger partial charge on any atom is -0.0349 e. The zero-order valence-electron chi connectivity index (χ0n) is 6.65. The van der Waals surface area contributed by atoms with Crippen molar-refractivity contribution >= 4 is 0 Å². The Morgan fingerprint density at radius 2 is 2.00 bits per heavy atom. The van der Waals surface area contributed by atoms with Crippen LogP contribution in [0.1, 0.15) is 33.6 Å². The summed E-state index contributed by atoms with van der Waals surface area (Å²) in [5.41, 5.74) is 1.44. The minimum absolute atomic E-state index is 1.13. The second-order valence-electron chi connectivity index (χ2n) is 2.20. The Balaban J connectivity index is 3.55. The lowest BCUT2D eigenvalue weighted by Crippen LogP contribution is -1.66. The van der Waals surface area contributed by atoms with Gasteiger partial charge in [0.2, 0.25) is 0 Å². The molecule has 0 aromatic rings. The molecule has 0 aliphatic heterocycles. The highest BCUT2D eigenvalue weighted by molar-refractivity contribution is 5.09. The van der Waals surface area contributed by atoms with Crippen LogP contribution >= 0.6 is 0 Å². The van der Waals surface area contributed by atoms with Gasteiger partial charge in [-0.25, -0.2) is 0 Å². The molecule has 0 fully saturated rings. The average Bonchev–Trinajstić information content (AvgIpc) is 1.89. The number of rotatable bonds is 3. The lowest BCUT2D eigenvalue weighted by Gasteiger charge is -1.87. The van der Waals surface area contributed by atoms with E-state index in [1.165, 1.54) is 5.57 Å². The van der Waals surface area contributed by atoms with Crippen LogP contribution < -0.4 is 0 Å². The summed E-state index contributed by atoms with van der Waals surface area (Å²) >= 11 is 0. The van der Waals surface area contributed by atoms with Gasteiger partial charge in [-0.3, -0.25) is 0 Å². The van der Waals surface area contributed by atoms with Crippen LogP contribution in [0.5, 0.6) is 0 Å². The van der Waals surface area contributed by atoms with Crippen molar-refractivity contribution in [3.63, 3.8) is 0 Å². The molecule has 0 bridgehead atoms. The van der Waals surface area contributed by atoms with Gasteiger partial charge in [-0.15, -0.1) is 0 Å². The number of allylic oxidation sites excluding steroid dienone is 4. The van der Waals surface area contributed by atoms with Crippen LogP contribution in [0.4, 0.5) is 0 Å². The molecule has 52 valence electrons. The van der Waals surface area contributed by atoms with Crippen LogP contribution in [-0.2, 0) is 0 Å². The molecule has 0 N–H and O–H groups in total. The highest BCUT2D eigenvalue weighted by Crippen LogP contribution is 1.97. The summed E-state index contributed by atoms with van der Waals surface area (Å²) in [7, 11) is 0. The van der Waals surface area contributed by atoms with Gasteiger partial charge in [-0.1, -0.05) is 37.6 Å². The smallest absolute Gasteiger partial charge is 0.0349 e. The Bertz CT molecular complexity index is 107. The predicted octanol–water partition coefficient (Wildman–Crippen LogP) is 3.31. The molecule has 0 radical (unpaired) electrons. The maximum absolute atomic E-state index is 2.17. The number of hydrogen-bond acceptors (Lipinski definition) is 0. The van der Waals surface area contributed by atoms with E-state index in [0.717, 1.165) is 12.8 Å². The number of hydrogen-bond donors (Lipinski definition) is 0. The van der Waals surface area contributed by atoms with E-state index in [9.17, 15) is 0 Å². The zero-order valence-corrected chi connectivity index (χ0v) is 6.65. The Morgan fingerprint density at radius 3 is 2.44 bits per heavy atom. The fourth-order valence-corrected chi connectivity index (χ4v) is 0.486. The van der Waals surface area contributed by atoms with Gasteiger partial charge in [0.05, 0.1) is 0 Å². The van der Waals surface area contributed by atoms with Crippen LogP contribution in [0, 0.1) is 0 Å². The highest BCUT2D eigenvalue weighted by Gasteiger charge is 1.76. The first-order valence-corrected chi connectivity index (χ1v) is 3.63. The van der Waals surface area contributed by atoms with Crippen LogP contribution in [0.3, 0.4) is 0 Å². The fraction of sp³-hybridized carbons (Fsp3) is 0.556. The first kappa shape index (κ1) is 8.48. The molecule has 0 saturated carbocycles. The molecule has 0 aliphatic rings. The quantitative estimate of drug-likeness (QED) is 0.506. The van der Waals surface area contributed by atoms with Crippen molar-refractivity contribution in [3.8, 4) is 0 Å². The Hall–Kier alpha value is -0.520. The molecule has 0 aliphatic carbocycles. The zero-order chi connectivity index (χ0) is 7.11. The van der Waals surface area contributed by atoms with Crippen molar-refractivity contribution in [1.82, 2.24) is 0 Å². The van der Waals surface area contributed by atoms with E-state index >= 15 is 0 Å². The molecule has 0 atom stereocenters. The summed E-state index contributed by atoms with van der Waals surface area (Å²) < 4.78 is 0.